The lowest BCUT2D eigenvalue weighted by molar-refractivity contribution is -0.139. The Bertz CT molecular complexity index is 1040. The summed E-state index contributed by atoms with van der Waals surface area (Å²) in [4.78, 5) is 17.1. The van der Waals surface area contributed by atoms with E-state index in [-0.39, 0.29) is 17.9 Å². The van der Waals surface area contributed by atoms with E-state index < -0.39 is 10.0 Å². The van der Waals surface area contributed by atoms with E-state index in [9.17, 15) is 13.2 Å². The van der Waals surface area contributed by atoms with Gasteiger partial charge < -0.3 is 4.90 Å². The van der Waals surface area contributed by atoms with Crippen LogP contribution in [-0.2, 0) is 21.2 Å². The van der Waals surface area contributed by atoms with Crippen molar-refractivity contribution in [1.82, 2.24) is 9.21 Å². The van der Waals surface area contributed by atoms with Gasteiger partial charge in [0.1, 0.15) is 0 Å². The molecule has 1 aromatic carbocycles. The molecule has 0 unspecified atom stereocenters. The quantitative estimate of drug-likeness (QED) is 0.704. The molecule has 2 aliphatic heterocycles. The Morgan fingerprint density at radius 1 is 1.10 bits per heavy atom. The first-order valence-electron chi connectivity index (χ1n) is 10.8. The molecule has 1 fully saturated rings. The average molecular weight is 447 g/mol. The Labute approximate surface area is 183 Å². The second-order valence-electron chi connectivity index (χ2n) is 8.43. The maximum Gasteiger partial charge on any atom is 0.243 e. The fourth-order valence-electron chi connectivity index (χ4n) is 4.70. The molecule has 0 N–H and O–H groups in total. The number of rotatable bonds is 4. The number of hydrogen-bond acceptors (Lipinski definition) is 4. The lowest BCUT2D eigenvalue weighted by Gasteiger charge is -2.39. The fourth-order valence-corrected chi connectivity index (χ4v) is 7.19. The molecule has 2 aliphatic rings. The second kappa shape index (κ2) is 8.44. The number of aryl methyl sites for hydroxylation is 2. The molecule has 4 rings (SSSR count). The van der Waals surface area contributed by atoms with Gasteiger partial charge in [0.2, 0.25) is 15.9 Å². The van der Waals surface area contributed by atoms with Crippen molar-refractivity contribution in [3.8, 4) is 0 Å². The van der Waals surface area contributed by atoms with Gasteiger partial charge in [0, 0.05) is 30.4 Å². The zero-order valence-corrected chi connectivity index (χ0v) is 19.6. The van der Waals surface area contributed by atoms with E-state index in [1.165, 1.54) is 10.4 Å². The van der Waals surface area contributed by atoms with Crippen molar-refractivity contribution < 1.29 is 13.2 Å². The van der Waals surface area contributed by atoms with Crippen LogP contribution in [0.15, 0.2) is 34.5 Å². The number of fused-ring (bicyclic) bond motifs is 1. The van der Waals surface area contributed by atoms with Crippen LogP contribution in [0.1, 0.15) is 53.8 Å². The highest BCUT2D eigenvalue weighted by Crippen LogP contribution is 2.37. The molecular weight excluding hydrogens is 416 g/mol. The van der Waals surface area contributed by atoms with Crippen molar-refractivity contribution in [3.63, 3.8) is 0 Å². The SMILES string of the molecule is CC[C@H]1c2ccsc2CCN1C(=O)C1CCN(S(=O)(=O)c2ccc(C)c(C)c2)CC1. The summed E-state index contributed by atoms with van der Waals surface area (Å²) in [6, 6.07) is 7.61. The smallest absolute Gasteiger partial charge is 0.243 e. The third kappa shape index (κ3) is 3.83. The van der Waals surface area contributed by atoms with Crippen LogP contribution in [0.25, 0.3) is 0 Å². The zero-order chi connectivity index (χ0) is 21.5. The van der Waals surface area contributed by atoms with Crippen LogP contribution < -0.4 is 0 Å². The number of benzene rings is 1. The van der Waals surface area contributed by atoms with Crippen molar-refractivity contribution >= 4 is 27.3 Å². The standard InChI is InChI=1S/C23H30N2O3S2/c1-4-21-20-10-14-29-22(20)9-13-25(21)23(26)18-7-11-24(12-8-18)30(27,28)19-6-5-16(2)17(3)15-19/h5-6,10,14-15,18,21H,4,7-9,11-13H2,1-3H3/t21-/m0/s1. The number of carbonyl (C=O) groups is 1. The maximum atomic E-state index is 13.3. The van der Waals surface area contributed by atoms with Gasteiger partial charge in [-0.15, -0.1) is 11.3 Å². The third-order valence-corrected chi connectivity index (χ3v) is 9.58. The summed E-state index contributed by atoms with van der Waals surface area (Å²) in [6.07, 6.45) is 3.02. The van der Waals surface area contributed by atoms with Crippen molar-refractivity contribution in [3.05, 3.63) is 51.2 Å². The summed E-state index contributed by atoms with van der Waals surface area (Å²) in [5.74, 6) is 0.104. The first-order chi connectivity index (χ1) is 14.3. The topological polar surface area (TPSA) is 57.7 Å². The van der Waals surface area contributed by atoms with E-state index in [2.05, 4.69) is 18.4 Å². The normalized spacial score (nSPS) is 20.9. The van der Waals surface area contributed by atoms with E-state index in [0.29, 0.717) is 30.8 Å². The van der Waals surface area contributed by atoms with Gasteiger partial charge in [-0.2, -0.15) is 4.31 Å². The molecule has 5 nitrogen and oxygen atoms in total. The van der Waals surface area contributed by atoms with Gasteiger partial charge in [0.15, 0.2) is 0 Å². The summed E-state index contributed by atoms with van der Waals surface area (Å²) in [5.41, 5.74) is 3.36. The summed E-state index contributed by atoms with van der Waals surface area (Å²) in [5, 5.41) is 2.12. The predicted molar refractivity (Wildman–Crippen MR) is 120 cm³/mol. The maximum absolute atomic E-state index is 13.3. The minimum absolute atomic E-state index is 0.0922. The molecule has 7 heteroatoms. The molecule has 0 radical (unpaired) electrons. The number of nitrogens with zero attached hydrogens (tertiary/aromatic N) is 2. The highest BCUT2D eigenvalue weighted by atomic mass is 32.2. The van der Waals surface area contributed by atoms with Crippen LogP contribution in [0.2, 0.25) is 0 Å². The monoisotopic (exact) mass is 446 g/mol. The Kier molecular flexibility index (Phi) is 6.06. The average Bonchev–Trinajstić information content (AvgIpc) is 3.23. The molecule has 1 amide bonds. The Hall–Kier alpha value is -1.70. The van der Waals surface area contributed by atoms with Gasteiger partial charge in [-0.05, 0) is 79.8 Å². The van der Waals surface area contributed by atoms with Crippen LogP contribution in [0, 0.1) is 19.8 Å². The van der Waals surface area contributed by atoms with E-state index in [0.717, 1.165) is 30.5 Å². The highest BCUT2D eigenvalue weighted by molar-refractivity contribution is 7.89. The number of amides is 1. The largest absolute Gasteiger partial charge is 0.335 e. The van der Waals surface area contributed by atoms with Gasteiger partial charge in [0.25, 0.3) is 0 Å². The lowest BCUT2D eigenvalue weighted by Crippen LogP contribution is -2.47. The van der Waals surface area contributed by atoms with Crippen LogP contribution in [-0.4, -0.2) is 43.2 Å². The molecule has 0 saturated carbocycles. The first-order valence-corrected chi connectivity index (χ1v) is 13.1. The van der Waals surface area contributed by atoms with E-state index >= 15 is 0 Å². The number of carbonyl (C=O) groups excluding carboxylic acids is 1. The summed E-state index contributed by atoms with van der Waals surface area (Å²) >= 11 is 1.79. The minimum Gasteiger partial charge on any atom is -0.335 e. The first kappa shape index (κ1) is 21.5. The molecule has 162 valence electrons. The Balaban J connectivity index is 1.44. The minimum atomic E-state index is -3.51. The number of thiophene rings is 1. The molecule has 0 spiro atoms. The zero-order valence-electron chi connectivity index (χ0n) is 17.9. The molecule has 1 atom stereocenters. The second-order valence-corrected chi connectivity index (χ2v) is 11.4. The molecule has 1 saturated heterocycles. The third-order valence-electron chi connectivity index (χ3n) is 6.68. The van der Waals surface area contributed by atoms with Gasteiger partial charge in [-0.3, -0.25) is 4.79 Å². The van der Waals surface area contributed by atoms with Crippen molar-refractivity contribution in [2.75, 3.05) is 19.6 Å². The molecular formula is C23H30N2O3S2. The van der Waals surface area contributed by atoms with E-state index in [4.69, 9.17) is 0 Å². The molecule has 30 heavy (non-hydrogen) atoms. The Morgan fingerprint density at radius 3 is 2.50 bits per heavy atom. The fraction of sp³-hybridized carbons (Fsp3) is 0.522. The van der Waals surface area contributed by atoms with Crippen LogP contribution in [0.4, 0.5) is 0 Å². The summed E-state index contributed by atoms with van der Waals surface area (Å²) in [6.45, 7) is 7.62. The lowest BCUT2D eigenvalue weighted by atomic mass is 9.92. The van der Waals surface area contributed by atoms with Crippen LogP contribution in [0.3, 0.4) is 0 Å². The van der Waals surface area contributed by atoms with Crippen LogP contribution in [0.5, 0.6) is 0 Å². The molecule has 0 aliphatic carbocycles. The predicted octanol–water partition coefficient (Wildman–Crippen LogP) is 4.30. The van der Waals surface area contributed by atoms with Gasteiger partial charge in [-0.1, -0.05) is 13.0 Å². The molecule has 3 heterocycles. The van der Waals surface area contributed by atoms with Gasteiger partial charge in [-0.25, -0.2) is 8.42 Å². The highest BCUT2D eigenvalue weighted by Gasteiger charge is 2.37. The summed E-state index contributed by atoms with van der Waals surface area (Å²) < 4.78 is 27.7. The van der Waals surface area contributed by atoms with Crippen molar-refractivity contribution in [2.24, 2.45) is 5.92 Å². The van der Waals surface area contributed by atoms with Gasteiger partial charge in [0.05, 0.1) is 10.9 Å². The van der Waals surface area contributed by atoms with Crippen LogP contribution >= 0.6 is 11.3 Å². The molecule has 0 bridgehead atoms. The van der Waals surface area contributed by atoms with E-state index in [1.807, 2.05) is 24.8 Å². The summed E-state index contributed by atoms with van der Waals surface area (Å²) in [7, 11) is -3.51. The number of hydrogen-bond donors (Lipinski definition) is 0. The van der Waals surface area contributed by atoms with Gasteiger partial charge >= 0.3 is 0 Å². The number of sulfonamides is 1. The molecule has 1 aromatic heterocycles. The van der Waals surface area contributed by atoms with Crippen molar-refractivity contribution in [1.29, 1.82) is 0 Å². The molecule has 2 aromatic rings. The Morgan fingerprint density at radius 2 is 1.83 bits per heavy atom. The van der Waals surface area contributed by atoms with Crippen molar-refractivity contribution in [2.45, 2.75) is 57.4 Å². The van der Waals surface area contributed by atoms with E-state index in [1.54, 1.807) is 27.8 Å². The number of piperidine rings is 1.